The van der Waals surface area contributed by atoms with Crippen molar-refractivity contribution >= 4 is 17.3 Å². The lowest BCUT2D eigenvalue weighted by atomic mass is 9.94. The molecule has 1 aromatic carbocycles. The van der Waals surface area contributed by atoms with E-state index in [-0.39, 0.29) is 17.9 Å². The quantitative estimate of drug-likeness (QED) is 0.842. The van der Waals surface area contributed by atoms with Crippen LogP contribution in [0.5, 0.6) is 0 Å². The van der Waals surface area contributed by atoms with E-state index in [2.05, 4.69) is 6.92 Å². The van der Waals surface area contributed by atoms with Crippen molar-refractivity contribution in [2.45, 2.75) is 38.7 Å². The summed E-state index contributed by atoms with van der Waals surface area (Å²) in [7, 11) is 0. The van der Waals surface area contributed by atoms with Gasteiger partial charge in [-0.1, -0.05) is 6.92 Å². The van der Waals surface area contributed by atoms with Gasteiger partial charge in [-0.2, -0.15) is 0 Å². The molecule has 1 aromatic rings. The van der Waals surface area contributed by atoms with Crippen molar-refractivity contribution in [3.63, 3.8) is 0 Å². The van der Waals surface area contributed by atoms with Crippen LogP contribution in [0.4, 0.5) is 11.4 Å². The first-order chi connectivity index (χ1) is 9.70. The average Bonchev–Trinajstić information content (AvgIpc) is 2.94. The van der Waals surface area contributed by atoms with Gasteiger partial charge in [-0.15, -0.1) is 0 Å². The van der Waals surface area contributed by atoms with Crippen LogP contribution < -0.4 is 10.6 Å². The highest BCUT2D eigenvalue weighted by atomic mass is 16.5. The first-order valence-electron chi connectivity index (χ1n) is 7.52. The van der Waals surface area contributed by atoms with Crippen LogP contribution in [0, 0.1) is 5.92 Å². The molecule has 1 saturated heterocycles. The standard InChI is InChI=1S/C16H22N2O2/c1-2-15-13(7-9-20-15)16(19)18-8-3-4-11-10-12(17)5-6-14(11)18/h5-6,10,13,15H,2-4,7-9,17H2,1H3. The fourth-order valence-corrected chi connectivity index (χ4v) is 3.38. The van der Waals surface area contributed by atoms with Crippen LogP contribution in [0.25, 0.3) is 0 Å². The Bertz CT molecular complexity index is 515. The van der Waals surface area contributed by atoms with E-state index in [1.54, 1.807) is 0 Å². The van der Waals surface area contributed by atoms with Gasteiger partial charge < -0.3 is 15.4 Å². The summed E-state index contributed by atoms with van der Waals surface area (Å²) in [6, 6.07) is 5.86. The molecule has 20 heavy (non-hydrogen) atoms. The Morgan fingerprint density at radius 1 is 1.50 bits per heavy atom. The van der Waals surface area contributed by atoms with Crippen molar-refractivity contribution in [2.75, 3.05) is 23.8 Å². The van der Waals surface area contributed by atoms with Crippen LogP contribution in [-0.2, 0) is 16.0 Å². The monoisotopic (exact) mass is 274 g/mol. The molecule has 0 saturated carbocycles. The summed E-state index contributed by atoms with van der Waals surface area (Å²) in [5, 5.41) is 0. The molecule has 2 aliphatic heterocycles. The van der Waals surface area contributed by atoms with Gasteiger partial charge >= 0.3 is 0 Å². The molecule has 2 atom stereocenters. The normalized spacial score (nSPS) is 25.6. The van der Waals surface area contributed by atoms with Gasteiger partial charge in [0.25, 0.3) is 0 Å². The van der Waals surface area contributed by atoms with Crippen LogP contribution in [-0.4, -0.2) is 25.2 Å². The minimum atomic E-state index is 0.0171. The van der Waals surface area contributed by atoms with E-state index in [1.165, 1.54) is 5.56 Å². The molecule has 4 heteroatoms. The molecule has 1 amide bonds. The van der Waals surface area contributed by atoms with E-state index in [0.29, 0.717) is 6.61 Å². The second-order valence-corrected chi connectivity index (χ2v) is 5.69. The summed E-state index contributed by atoms with van der Waals surface area (Å²) >= 11 is 0. The summed E-state index contributed by atoms with van der Waals surface area (Å²) in [6.07, 6.45) is 3.84. The molecule has 1 fully saturated rings. The van der Waals surface area contributed by atoms with E-state index in [0.717, 1.165) is 43.6 Å². The van der Waals surface area contributed by atoms with Crippen molar-refractivity contribution in [1.82, 2.24) is 0 Å². The van der Waals surface area contributed by atoms with E-state index in [4.69, 9.17) is 10.5 Å². The molecule has 0 spiro atoms. The van der Waals surface area contributed by atoms with Crippen molar-refractivity contribution in [3.05, 3.63) is 23.8 Å². The molecule has 2 heterocycles. The SMILES string of the molecule is CCC1OCCC1C(=O)N1CCCc2cc(N)ccc21. The van der Waals surface area contributed by atoms with Crippen molar-refractivity contribution in [3.8, 4) is 0 Å². The minimum absolute atomic E-state index is 0.0171. The highest BCUT2D eigenvalue weighted by Crippen LogP contribution is 2.33. The number of nitrogen functional groups attached to an aromatic ring is 1. The fourth-order valence-electron chi connectivity index (χ4n) is 3.38. The lowest BCUT2D eigenvalue weighted by Crippen LogP contribution is -2.42. The summed E-state index contributed by atoms with van der Waals surface area (Å²) in [5.74, 6) is 0.239. The summed E-state index contributed by atoms with van der Waals surface area (Å²) in [4.78, 5) is 14.8. The number of hydrogen-bond donors (Lipinski definition) is 1. The number of rotatable bonds is 2. The number of ether oxygens (including phenoxy) is 1. The maximum atomic E-state index is 12.8. The molecule has 0 bridgehead atoms. The number of anilines is 2. The van der Waals surface area contributed by atoms with Gasteiger partial charge in [-0.3, -0.25) is 4.79 Å². The number of benzene rings is 1. The third-order valence-electron chi connectivity index (χ3n) is 4.42. The Morgan fingerprint density at radius 2 is 2.35 bits per heavy atom. The number of carbonyl (C=O) groups excluding carboxylic acids is 1. The first-order valence-corrected chi connectivity index (χ1v) is 7.52. The van der Waals surface area contributed by atoms with Crippen LogP contribution >= 0.6 is 0 Å². The number of nitrogens with zero attached hydrogens (tertiary/aromatic N) is 1. The zero-order chi connectivity index (χ0) is 14.1. The molecule has 3 rings (SSSR count). The molecule has 0 aliphatic carbocycles. The van der Waals surface area contributed by atoms with Gasteiger partial charge in [0.05, 0.1) is 12.0 Å². The molecule has 2 N–H and O–H groups in total. The molecule has 4 nitrogen and oxygen atoms in total. The van der Waals surface area contributed by atoms with Gasteiger partial charge in [0.2, 0.25) is 5.91 Å². The molecule has 0 aromatic heterocycles. The first kappa shape index (κ1) is 13.4. The van der Waals surface area contributed by atoms with Gasteiger partial charge in [-0.25, -0.2) is 0 Å². The van der Waals surface area contributed by atoms with E-state index in [1.807, 2.05) is 23.1 Å². The molecule has 0 radical (unpaired) electrons. The highest BCUT2D eigenvalue weighted by molar-refractivity contribution is 5.96. The van der Waals surface area contributed by atoms with Crippen molar-refractivity contribution in [2.24, 2.45) is 5.92 Å². The number of fused-ring (bicyclic) bond motifs is 1. The second kappa shape index (κ2) is 5.44. The zero-order valence-electron chi connectivity index (χ0n) is 12.0. The van der Waals surface area contributed by atoms with E-state index >= 15 is 0 Å². The zero-order valence-corrected chi connectivity index (χ0v) is 12.0. The molecule has 2 unspecified atom stereocenters. The summed E-state index contributed by atoms with van der Waals surface area (Å²) < 4.78 is 5.67. The predicted octanol–water partition coefficient (Wildman–Crippen LogP) is 2.36. The molecule has 108 valence electrons. The van der Waals surface area contributed by atoms with Crippen LogP contribution in [0.3, 0.4) is 0 Å². The number of aryl methyl sites for hydroxylation is 1. The summed E-state index contributed by atoms with van der Waals surface area (Å²) in [6.45, 7) is 3.60. The molecular weight excluding hydrogens is 252 g/mol. The van der Waals surface area contributed by atoms with E-state index < -0.39 is 0 Å². The predicted molar refractivity (Wildman–Crippen MR) is 79.7 cm³/mol. The van der Waals surface area contributed by atoms with Crippen LogP contribution in [0.15, 0.2) is 18.2 Å². The number of carbonyl (C=O) groups is 1. The Kier molecular flexibility index (Phi) is 3.66. The Labute approximate surface area is 119 Å². The van der Waals surface area contributed by atoms with Crippen LogP contribution in [0.1, 0.15) is 31.7 Å². The Balaban J connectivity index is 1.87. The minimum Gasteiger partial charge on any atom is -0.399 e. The maximum Gasteiger partial charge on any atom is 0.232 e. The summed E-state index contributed by atoms with van der Waals surface area (Å²) in [5.41, 5.74) is 8.85. The Hall–Kier alpha value is -1.55. The van der Waals surface area contributed by atoms with Gasteiger partial charge in [0.1, 0.15) is 0 Å². The second-order valence-electron chi connectivity index (χ2n) is 5.69. The smallest absolute Gasteiger partial charge is 0.232 e. The average molecular weight is 274 g/mol. The van der Waals surface area contributed by atoms with Crippen molar-refractivity contribution < 1.29 is 9.53 Å². The molecule has 2 aliphatic rings. The lowest BCUT2D eigenvalue weighted by Gasteiger charge is -2.32. The third-order valence-corrected chi connectivity index (χ3v) is 4.42. The molecular formula is C16H22N2O2. The lowest BCUT2D eigenvalue weighted by molar-refractivity contribution is -0.124. The highest BCUT2D eigenvalue weighted by Gasteiger charge is 2.37. The van der Waals surface area contributed by atoms with Gasteiger partial charge in [0, 0.05) is 24.5 Å². The number of hydrogen-bond acceptors (Lipinski definition) is 3. The van der Waals surface area contributed by atoms with E-state index in [9.17, 15) is 4.79 Å². The maximum absolute atomic E-state index is 12.8. The fraction of sp³-hybridized carbons (Fsp3) is 0.562. The number of amides is 1. The van der Waals surface area contributed by atoms with Gasteiger partial charge in [-0.05, 0) is 49.4 Å². The largest absolute Gasteiger partial charge is 0.399 e. The third kappa shape index (κ3) is 2.29. The van der Waals surface area contributed by atoms with Crippen molar-refractivity contribution in [1.29, 1.82) is 0 Å². The number of nitrogens with two attached hydrogens (primary N) is 1. The van der Waals surface area contributed by atoms with Crippen LogP contribution in [0.2, 0.25) is 0 Å². The Morgan fingerprint density at radius 3 is 3.15 bits per heavy atom. The topological polar surface area (TPSA) is 55.6 Å². The van der Waals surface area contributed by atoms with Gasteiger partial charge in [0.15, 0.2) is 0 Å².